The maximum absolute atomic E-state index is 10.1. The molecule has 2 nitrogen and oxygen atoms in total. The molecule has 10 heavy (non-hydrogen) atoms. The van der Waals surface area contributed by atoms with Gasteiger partial charge in [-0.2, -0.15) is 4.91 Å². The Labute approximate surface area is 60.3 Å². The summed E-state index contributed by atoms with van der Waals surface area (Å²) in [5.41, 5.74) is 0.970. The molecule has 0 saturated carbocycles. The van der Waals surface area contributed by atoms with Crippen LogP contribution in [-0.2, 0) is 0 Å². The first-order valence-electron chi connectivity index (χ1n) is 3.22. The molecular weight excluding hydrogens is 125 g/mol. The van der Waals surface area contributed by atoms with Gasteiger partial charge in [0.2, 0.25) is 0 Å². The van der Waals surface area contributed by atoms with Crippen molar-refractivity contribution in [2.75, 3.05) is 0 Å². The summed E-state index contributed by atoms with van der Waals surface area (Å²) in [6.45, 7) is 1.56. The van der Waals surface area contributed by atoms with Crippen LogP contribution < -0.4 is 5.46 Å². The largest absolute Gasteiger partial charge is 0.366 e. The third-order valence-electron chi connectivity index (χ3n) is 1.44. The van der Waals surface area contributed by atoms with Gasteiger partial charge in [-0.05, 0) is 0 Å². The summed E-state index contributed by atoms with van der Waals surface area (Å²) in [4.78, 5) is 10.1. The Morgan fingerprint density at radius 3 is 2.40 bits per heavy atom. The van der Waals surface area contributed by atoms with Crippen molar-refractivity contribution >= 4 is 12.3 Å². The minimum atomic E-state index is -0.221. The Morgan fingerprint density at radius 1 is 1.30 bits per heavy atom. The van der Waals surface area contributed by atoms with Crippen molar-refractivity contribution < 1.29 is 0 Å². The Bertz CT molecular complexity index is 212. The second-order valence-corrected chi connectivity index (χ2v) is 2.19. The lowest BCUT2D eigenvalue weighted by atomic mass is 9.60. The second-order valence-electron chi connectivity index (χ2n) is 2.19. The molecule has 1 aromatic carbocycles. The molecule has 0 saturated heterocycles. The van der Waals surface area contributed by atoms with E-state index in [-0.39, 0.29) is 6.85 Å². The van der Waals surface area contributed by atoms with Crippen LogP contribution >= 0.6 is 0 Å². The highest BCUT2D eigenvalue weighted by molar-refractivity contribution is 6.70. The molecule has 3 heteroatoms. The summed E-state index contributed by atoms with van der Waals surface area (Å²) in [5, 5.41) is 2.91. The fourth-order valence-electron chi connectivity index (χ4n) is 0.792. The number of nitroso groups, excluding NO2 is 1. The first-order chi connectivity index (χ1) is 4.84. The van der Waals surface area contributed by atoms with Gasteiger partial charge in [0, 0.05) is 0 Å². The topological polar surface area (TPSA) is 29.4 Å². The number of hydrogen-bond acceptors (Lipinski definition) is 2. The molecule has 0 N–H and O–H groups in total. The predicted molar refractivity (Wildman–Crippen MR) is 43.5 cm³/mol. The molecule has 0 spiro atoms. The highest BCUT2D eigenvalue weighted by atomic mass is 16.2. The molecule has 0 atom stereocenters. The van der Waals surface area contributed by atoms with E-state index in [1.807, 2.05) is 30.3 Å². The molecule has 1 aromatic rings. The van der Waals surface area contributed by atoms with E-state index < -0.39 is 0 Å². The zero-order valence-corrected chi connectivity index (χ0v) is 5.82. The Balaban J connectivity index is 2.84. The molecule has 0 aromatic heterocycles. The summed E-state index contributed by atoms with van der Waals surface area (Å²) in [6, 6.07) is 9.51. The van der Waals surface area contributed by atoms with Crippen LogP contribution in [0.5, 0.6) is 0 Å². The lowest BCUT2D eigenvalue weighted by Crippen LogP contribution is -2.23. The number of rotatable bonds is 2. The first-order valence-corrected chi connectivity index (χ1v) is 3.22. The van der Waals surface area contributed by atoms with Gasteiger partial charge in [-0.15, -0.1) is 5.09 Å². The second kappa shape index (κ2) is 3.15. The number of benzene rings is 1. The van der Waals surface area contributed by atoms with Crippen LogP contribution in [0, 0.1) is 4.91 Å². The minimum absolute atomic E-state index is 0.221. The minimum Gasteiger partial charge on any atom is -0.167 e. The van der Waals surface area contributed by atoms with Gasteiger partial charge in [-0.25, -0.2) is 0 Å². The molecule has 0 amide bonds. The predicted octanol–water partition coefficient (Wildman–Crippen LogP) is 1.28. The van der Waals surface area contributed by atoms with Gasteiger partial charge in [0.05, 0.1) is 0 Å². The molecule has 0 unspecified atom stereocenters. The van der Waals surface area contributed by atoms with E-state index in [4.69, 9.17) is 0 Å². The molecule has 0 bridgehead atoms. The highest BCUT2D eigenvalue weighted by Gasteiger charge is 2.08. The lowest BCUT2D eigenvalue weighted by molar-refractivity contribution is 1.66. The fourth-order valence-corrected chi connectivity index (χ4v) is 0.792. The average Bonchev–Trinajstić information content (AvgIpc) is 2.05. The standard InChI is InChI=1S/C7H8BNO/c1-8(9-10)7-5-3-2-4-6-7/h2-6H,1H3. The average molecular weight is 133 g/mol. The van der Waals surface area contributed by atoms with Crippen LogP contribution in [-0.4, -0.2) is 6.85 Å². The Morgan fingerprint density at radius 2 is 1.90 bits per heavy atom. The SMILES string of the molecule is CB(N=O)c1ccccc1. The smallest absolute Gasteiger partial charge is 0.167 e. The van der Waals surface area contributed by atoms with E-state index in [9.17, 15) is 4.91 Å². The quantitative estimate of drug-likeness (QED) is 0.441. The molecule has 0 radical (unpaired) electrons. The van der Waals surface area contributed by atoms with Gasteiger partial charge >= 0.3 is 6.85 Å². The van der Waals surface area contributed by atoms with E-state index in [0.717, 1.165) is 5.46 Å². The molecule has 0 aliphatic carbocycles. The van der Waals surface area contributed by atoms with Crippen molar-refractivity contribution in [3.8, 4) is 0 Å². The van der Waals surface area contributed by atoms with Crippen molar-refractivity contribution in [3.63, 3.8) is 0 Å². The van der Waals surface area contributed by atoms with Crippen LogP contribution in [0.15, 0.2) is 35.4 Å². The van der Waals surface area contributed by atoms with Gasteiger partial charge in [-0.1, -0.05) is 42.6 Å². The van der Waals surface area contributed by atoms with E-state index in [1.54, 1.807) is 6.82 Å². The van der Waals surface area contributed by atoms with Gasteiger partial charge in [0.1, 0.15) is 0 Å². The number of hydrogen-bond donors (Lipinski definition) is 0. The van der Waals surface area contributed by atoms with Gasteiger partial charge < -0.3 is 0 Å². The van der Waals surface area contributed by atoms with E-state index in [1.165, 1.54) is 0 Å². The molecular formula is C7H8BNO. The summed E-state index contributed by atoms with van der Waals surface area (Å²) in [5.74, 6) is 0. The fraction of sp³-hybridized carbons (Fsp3) is 0.143. The van der Waals surface area contributed by atoms with Crippen molar-refractivity contribution in [1.29, 1.82) is 0 Å². The zero-order chi connectivity index (χ0) is 7.40. The van der Waals surface area contributed by atoms with Crippen LogP contribution in [0.2, 0.25) is 6.82 Å². The molecule has 0 aliphatic rings. The van der Waals surface area contributed by atoms with E-state index >= 15 is 0 Å². The molecule has 0 aliphatic heterocycles. The van der Waals surface area contributed by atoms with Crippen molar-refractivity contribution in [2.24, 2.45) is 5.09 Å². The van der Waals surface area contributed by atoms with Crippen molar-refractivity contribution in [3.05, 3.63) is 35.2 Å². The van der Waals surface area contributed by atoms with Crippen molar-refractivity contribution in [1.82, 2.24) is 0 Å². The summed E-state index contributed by atoms with van der Waals surface area (Å²) in [7, 11) is 0. The highest BCUT2D eigenvalue weighted by Crippen LogP contribution is 1.87. The van der Waals surface area contributed by atoms with E-state index in [0.29, 0.717) is 0 Å². The molecule has 50 valence electrons. The van der Waals surface area contributed by atoms with Gasteiger partial charge in [0.15, 0.2) is 0 Å². The van der Waals surface area contributed by atoms with Crippen LogP contribution in [0.3, 0.4) is 0 Å². The molecule has 0 heterocycles. The van der Waals surface area contributed by atoms with Gasteiger partial charge in [0.25, 0.3) is 0 Å². The maximum Gasteiger partial charge on any atom is 0.366 e. The third kappa shape index (κ3) is 1.44. The summed E-state index contributed by atoms with van der Waals surface area (Å²) < 4.78 is 0. The third-order valence-corrected chi connectivity index (χ3v) is 1.44. The Hall–Kier alpha value is -1.12. The van der Waals surface area contributed by atoms with Crippen LogP contribution in [0.4, 0.5) is 0 Å². The Kier molecular flexibility index (Phi) is 2.21. The summed E-state index contributed by atoms with van der Waals surface area (Å²) in [6.07, 6.45) is 0. The zero-order valence-electron chi connectivity index (χ0n) is 5.82. The molecule has 1 rings (SSSR count). The van der Waals surface area contributed by atoms with Crippen LogP contribution in [0.1, 0.15) is 0 Å². The van der Waals surface area contributed by atoms with Crippen LogP contribution in [0.25, 0.3) is 0 Å². The first kappa shape index (κ1) is 7.00. The van der Waals surface area contributed by atoms with Crippen molar-refractivity contribution in [2.45, 2.75) is 6.82 Å². The maximum atomic E-state index is 10.1. The monoisotopic (exact) mass is 133 g/mol. The molecule has 0 fully saturated rings. The van der Waals surface area contributed by atoms with E-state index in [2.05, 4.69) is 5.09 Å². The lowest BCUT2D eigenvalue weighted by Gasteiger charge is -1.95. The number of nitrogens with zero attached hydrogens (tertiary/aromatic N) is 1. The van der Waals surface area contributed by atoms with Gasteiger partial charge in [-0.3, -0.25) is 0 Å². The summed E-state index contributed by atoms with van der Waals surface area (Å²) >= 11 is 0. The normalized spacial score (nSPS) is 8.90.